The Morgan fingerprint density at radius 2 is 2.06 bits per heavy atom. The lowest BCUT2D eigenvalue weighted by atomic mass is 10.2. The molecule has 1 aromatic carbocycles. The Labute approximate surface area is 101 Å². The molecule has 2 N–H and O–H groups in total. The van der Waals surface area contributed by atoms with E-state index >= 15 is 0 Å². The van der Waals surface area contributed by atoms with Crippen molar-refractivity contribution in [3.05, 3.63) is 24.3 Å². The average Bonchev–Trinajstić information content (AvgIpc) is 2.78. The Balaban J connectivity index is 1.96. The van der Waals surface area contributed by atoms with Gasteiger partial charge in [0.05, 0.1) is 0 Å². The molecule has 92 valence electrons. The SMILES string of the molecule is CN(CCCCCN)c1nc2ccccc2o1. The molecule has 0 atom stereocenters. The number of hydrogen-bond acceptors (Lipinski definition) is 4. The van der Waals surface area contributed by atoms with E-state index in [2.05, 4.69) is 9.88 Å². The van der Waals surface area contributed by atoms with Crippen LogP contribution in [0, 0.1) is 0 Å². The van der Waals surface area contributed by atoms with Crippen molar-refractivity contribution < 1.29 is 4.42 Å². The highest BCUT2D eigenvalue weighted by molar-refractivity contribution is 5.74. The number of oxazole rings is 1. The number of rotatable bonds is 6. The van der Waals surface area contributed by atoms with Crippen molar-refractivity contribution in [3.8, 4) is 0 Å². The average molecular weight is 233 g/mol. The number of benzene rings is 1. The van der Waals surface area contributed by atoms with Crippen LogP contribution in [0.2, 0.25) is 0 Å². The van der Waals surface area contributed by atoms with Crippen LogP contribution in [0.1, 0.15) is 19.3 Å². The molecule has 0 unspecified atom stereocenters. The third kappa shape index (κ3) is 2.97. The predicted octanol–water partition coefficient (Wildman–Crippen LogP) is 2.39. The van der Waals surface area contributed by atoms with Crippen molar-refractivity contribution >= 4 is 17.1 Å². The molecule has 0 spiro atoms. The number of aromatic nitrogens is 1. The number of nitrogens with two attached hydrogens (primary N) is 1. The smallest absolute Gasteiger partial charge is 0.298 e. The first-order chi connectivity index (χ1) is 8.31. The van der Waals surface area contributed by atoms with E-state index in [4.69, 9.17) is 10.2 Å². The highest BCUT2D eigenvalue weighted by Crippen LogP contribution is 2.20. The Bertz CT molecular complexity index is 433. The molecule has 4 heteroatoms. The van der Waals surface area contributed by atoms with E-state index < -0.39 is 0 Å². The summed E-state index contributed by atoms with van der Waals surface area (Å²) in [6.45, 7) is 1.72. The topological polar surface area (TPSA) is 55.3 Å². The highest BCUT2D eigenvalue weighted by Gasteiger charge is 2.08. The van der Waals surface area contributed by atoms with Gasteiger partial charge in [-0.15, -0.1) is 0 Å². The highest BCUT2D eigenvalue weighted by atomic mass is 16.4. The molecule has 2 rings (SSSR count). The standard InChI is InChI=1S/C13H19N3O/c1-16(10-6-2-5-9-14)13-15-11-7-3-4-8-12(11)17-13/h3-4,7-8H,2,5-6,9-10,14H2,1H3. The predicted molar refractivity (Wildman–Crippen MR) is 70.2 cm³/mol. The molecule has 4 nitrogen and oxygen atoms in total. The van der Waals surface area contributed by atoms with E-state index in [-0.39, 0.29) is 0 Å². The molecule has 0 aliphatic heterocycles. The van der Waals surface area contributed by atoms with Crippen LogP contribution in [0.15, 0.2) is 28.7 Å². The zero-order chi connectivity index (χ0) is 12.1. The zero-order valence-electron chi connectivity index (χ0n) is 10.2. The lowest BCUT2D eigenvalue weighted by Gasteiger charge is -2.13. The van der Waals surface area contributed by atoms with Crippen LogP contribution in [0.3, 0.4) is 0 Å². The monoisotopic (exact) mass is 233 g/mol. The number of hydrogen-bond donors (Lipinski definition) is 1. The van der Waals surface area contributed by atoms with Crippen LogP contribution in [0.25, 0.3) is 11.1 Å². The van der Waals surface area contributed by atoms with Gasteiger partial charge >= 0.3 is 0 Å². The van der Waals surface area contributed by atoms with E-state index in [1.807, 2.05) is 31.3 Å². The van der Waals surface area contributed by atoms with Gasteiger partial charge in [-0.1, -0.05) is 18.6 Å². The van der Waals surface area contributed by atoms with Gasteiger partial charge in [-0.05, 0) is 31.5 Å². The summed E-state index contributed by atoms with van der Waals surface area (Å²) in [5.41, 5.74) is 7.22. The number of anilines is 1. The number of fused-ring (bicyclic) bond motifs is 1. The molecule has 0 aliphatic carbocycles. The second kappa shape index (κ2) is 5.68. The Hall–Kier alpha value is -1.55. The molecule has 0 bridgehead atoms. The molecule has 0 saturated carbocycles. The van der Waals surface area contributed by atoms with Gasteiger partial charge in [0.1, 0.15) is 5.52 Å². The van der Waals surface area contributed by atoms with Crippen molar-refractivity contribution in [2.24, 2.45) is 5.73 Å². The van der Waals surface area contributed by atoms with Crippen molar-refractivity contribution in [1.82, 2.24) is 4.98 Å². The fourth-order valence-corrected chi connectivity index (χ4v) is 1.79. The largest absolute Gasteiger partial charge is 0.423 e. The molecule has 0 fully saturated rings. The van der Waals surface area contributed by atoms with Gasteiger partial charge < -0.3 is 15.1 Å². The molecule has 0 saturated heterocycles. The zero-order valence-corrected chi connectivity index (χ0v) is 10.2. The summed E-state index contributed by atoms with van der Waals surface area (Å²) in [6.07, 6.45) is 3.36. The lowest BCUT2D eigenvalue weighted by Crippen LogP contribution is -2.18. The van der Waals surface area contributed by atoms with Gasteiger partial charge in [-0.25, -0.2) is 0 Å². The number of para-hydroxylation sites is 2. The number of unbranched alkanes of at least 4 members (excludes halogenated alkanes) is 2. The molecule has 1 aromatic heterocycles. The summed E-state index contributed by atoms with van der Waals surface area (Å²) >= 11 is 0. The van der Waals surface area contributed by atoms with Crippen LogP contribution in [0.5, 0.6) is 0 Å². The molecule has 2 aromatic rings. The van der Waals surface area contributed by atoms with Gasteiger partial charge in [-0.3, -0.25) is 0 Å². The first-order valence-electron chi connectivity index (χ1n) is 6.08. The molecular weight excluding hydrogens is 214 g/mol. The minimum Gasteiger partial charge on any atom is -0.423 e. The normalized spacial score (nSPS) is 10.9. The first-order valence-corrected chi connectivity index (χ1v) is 6.08. The van der Waals surface area contributed by atoms with E-state index in [1.54, 1.807) is 0 Å². The Kier molecular flexibility index (Phi) is 3.98. The summed E-state index contributed by atoms with van der Waals surface area (Å²) in [5, 5.41) is 0. The fourth-order valence-electron chi connectivity index (χ4n) is 1.79. The van der Waals surface area contributed by atoms with Gasteiger partial charge in [0.2, 0.25) is 0 Å². The molecule has 17 heavy (non-hydrogen) atoms. The maximum absolute atomic E-state index is 5.68. The summed E-state index contributed by atoms with van der Waals surface area (Å²) in [7, 11) is 2.01. The maximum Gasteiger partial charge on any atom is 0.298 e. The first kappa shape index (κ1) is 11.9. The van der Waals surface area contributed by atoms with Crippen molar-refractivity contribution in [3.63, 3.8) is 0 Å². The van der Waals surface area contributed by atoms with Gasteiger partial charge in [0, 0.05) is 13.6 Å². The van der Waals surface area contributed by atoms with E-state index in [9.17, 15) is 0 Å². The minimum atomic E-state index is 0.693. The van der Waals surface area contributed by atoms with Crippen LogP contribution in [0.4, 0.5) is 6.01 Å². The quantitative estimate of drug-likeness (QED) is 0.778. The third-order valence-electron chi connectivity index (χ3n) is 2.81. The second-order valence-electron chi connectivity index (χ2n) is 4.24. The van der Waals surface area contributed by atoms with Crippen molar-refractivity contribution in [2.45, 2.75) is 19.3 Å². The summed E-state index contributed by atoms with van der Waals surface area (Å²) in [5.74, 6) is 0. The Morgan fingerprint density at radius 3 is 2.82 bits per heavy atom. The summed E-state index contributed by atoms with van der Waals surface area (Å²) < 4.78 is 5.68. The second-order valence-corrected chi connectivity index (χ2v) is 4.24. The third-order valence-corrected chi connectivity index (χ3v) is 2.81. The minimum absolute atomic E-state index is 0.693. The van der Waals surface area contributed by atoms with E-state index in [1.165, 1.54) is 0 Å². The van der Waals surface area contributed by atoms with Crippen LogP contribution in [-0.4, -0.2) is 25.1 Å². The molecule has 0 amide bonds. The number of nitrogens with zero attached hydrogens (tertiary/aromatic N) is 2. The maximum atomic E-state index is 5.68. The Morgan fingerprint density at radius 1 is 1.24 bits per heavy atom. The van der Waals surface area contributed by atoms with Gasteiger partial charge in [-0.2, -0.15) is 4.98 Å². The molecule has 1 heterocycles. The van der Waals surface area contributed by atoms with Gasteiger partial charge in [0.15, 0.2) is 5.58 Å². The van der Waals surface area contributed by atoms with Crippen LogP contribution in [-0.2, 0) is 0 Å². The van der Waals surface area contributed by atoms with Crippen molar-refractivity contribution in [1.29, 1.82) is 0 Å². The van der Waals surface area contributed by atoms with Crippen LogP contribution >= 0.6 is 0 Å². The fraction of sp³-hybridized carbons (Fsp3) is 0.462. The molecular formula is C13H19N3O. The van der Waals surface area contributed by atoms with Gasteiger partial charge in [0.25, 0.3) is 6.01 Å². The van der Waals surface area contributed by atoms with E-state index in [0.717, 1.165) is 43.5 Å². The van der Waals surface area contributed by atoms with Crippen LogP contribution < -0.4 is 10.6 Å². The summed E-state index contributed by atoms with van der Waals surface area (Å²) in [6, 6.07) is 8.52. The van der Waals surface area contributed by atoms with E-state index in [0.29, 0.717) is 6.01 Å². The molecule has 0 radical (unpaired) electrons. The summed E-state index contributed by atoms with van der Waals surface area (Å²) in [4.78, 5) is 6.50. The molecule has 0 aliphatic rings. The lowest BCUT2D eigenvalue weighted by molar-refractivity contribution is 0.571. The van der Waals surface area contributed by atoms with Crippen molar-refractivity contribution in [2.75, 3.05) is 25.0 Å².